The number of carboxylic acid groups (broad SMARTS) is 1. The van der Waals surface area contributed by atoms with Crippen molar-refractivity contribution in [1.82, 2.24) is 15.1 Å². The lowest BCUT2D eigenvalue weighted by atomic mass is 9.95. The number of nitrogens with zero attached hydrogens (tertiary/aromatic N) is 2. The Morgan fingerprint density at radius 1 is 1.27 bits per heavy atom. The number of hydrogen-bond donors (Lipinski definition) is 2. The van der Waals surface area contributed by atoms with Gasteiger partial charge in [0.15, 0.2) is 5.69 Å². The highest BCUT2D eigenvalue weighted by atomic mass is 19.1. The average molecular weight is 357 g/mol. The normalized spacial score (nSPS) is 17.4. The van der Waals surface area contributed by atoms with Crippen LogP contribution >= 0.6 is 0 Å². The molecule has 0 saturated heterocycles. The summed E-state index contributed by atoms with van der Waals surface area (Å²) >= 11 is 0. The lowest BCUT2D eigenvalue weighted by molar-refractivity contribution is -0.139. The van der Waals surface area contributed by atoms with Gasteiger partial charge in [0.25, 0.3) is 5.91 Å². The number of fused-ring (bicyclic) bond motifs is 1. The number of amides is 1. The highest BCUT2D eigenvalue weighted by Gasteiger charge is 2.38. The van der Waals surface area contributed by atoms with Gasteiger partial charge in [-0.1, -0.05) is 6.07 Å². The van der Waals surface area contributed by atoms with E-state index in [9.17, 15) is 19.1 Å². The molecule has 1 aromatic carbocycles. The second kappa shape index (κ2) is 6.55. The molecule has 0 aliphatic heterocycles. The molecule has 26 heavy (non-hydrogen) atoms. The summed E-state index contributed by atoms with van der Waals surface area (Å²) in [6.45, 7) is 0. The topological polar surface area (TPSA) is 84.2 Å². The molecular formula is C19H20FN3O3. The first kappa shape index (κ1) is 16.8. The van der Waals surface area contributed by atoms with Crippen molar-refractivity contribution in [1.29, 1.82) is 0 Å². The summed E-state index contributed by atoms with van der Waals surface area (Å²) in [5.41, 5.74) is 2.58. The van der Waals surface area contributed by atoms with Gasteiger partial charge in [0.1, 0.15) is 11.9 Å². The van der Waals surface area contributed by atoms with Crippen LogP contribution in [-0.2, 0) is 17.6 Å². The second-order valence-electron chi connectivity index (χ2n) is 7.00. The predicted molar refractivity (Wildman–Crippen MR) is 91.8 cm³/mol. The largest absolute Gasteiger partial charge is 0.480 e. The van der Waals surface area contributed by atoms with Crippen molar-refractivity contribution in [3.63, 3.8) is 0 Å². The van der Waals surface area contributed by atoms with Gasteiger partial charge in [0.05, 0.1) is 5.69 Å². The summed E-state index contributed by atoms with van der Waals surface area (Å²) in [4.78, 5) is 24.2. The zero-order valence-electron chi connectivity index (χ0n) is 14.2. The number of carbonyl (C=O) groups excluding carboxylic acids is 1. The van der Waals surface area contributed by atoms with Crippen LogP contribution in [-0.4, -0.2) is 32.8 Å². The van der Waals surface area contributed by atoms with E-state index in [2.05, 4.69) is 10.4 Å². The Balaban J connectivity index is 1.70. The minimum Gasteiger partial charge on any atom is -0.480 e. The van der Waals surface area contributed by atoms with Crippen LogP contribution in [0.3, 0.4) is 0 Å². The molecular weight excluding hydrogens is 337 g/mol. The second-order valence-corrected chi connectivity index (χ2v) is 7.00. The zero-order chi connectivity index (χ0) is 18.3. The number of aromatic nitrogens is 2. The molecule has 1 amide bonds. The third-order valence-electron chi connectivity index (χ3n) is 5.09. The molecule has 7 heteroatoms. The Labute approximate surface area is 150 Å². The molecule has 2 N–H and O–H groups in total. The monoisotopic (exact) mass is 357 g/mol. The first-order valence-corrected chi connectivity index (χ1v) is 8.95. The van der Waals surface area contributed by atoms with Gasteiger partial charge in [-0.15, -0.1) is 0 Å². The van der Waals surface area contributed by atoms with Crippen LogP contribution in [0.4, 0.5) is 4.39 Å². The van der Waals surface area contributed by atoms with Gasteiger partial charge in [0, 0.05) is 11.3 Å². The van der Waals surface area contributed by atoms with E-state index in [1.54, 1.807) is 16.8 Å². The molecule has 2 aliphatic carbocycles. The predicted octanol–water partition coefficient (Wildman–Crippen LogP) is 2.48. The number of carboxylic acids is 1. The lowest BCUT2D eigenvalue weighted by Crippen LogP contribution is -2.42. The van der Waals surface area contributed by atoms with Gasteiger partial charge in [-0.3, -0.25) is 4.79 Å². The maximum Gasteiger partial charge on any atom is 0.326 e. The Kier molecular flexibility index (Phi) is 4.22. The van der Waals surface area contributed by atoms with Crippen molar-refractivity contribution < 1.29 is 19.1 Å². The molecule has 0 spiro atoms. The van der Waals surface area contributed by atoms with Crippen molar-refractivity contribution in [3.8, 4) is 5.69 Å². The van der Waals surface area contributed by atoms with Crippen molar-refractivity contribution in [2.75, 3.05) is 0 Å². The van der Waals surface area contributed by atoms with E-state index in [0.29, 0.717) is 12.1 Å². The molecule has 1 unspecified atom stereocenters. The lowest BCUT2D eigenvalue weighted by Gasteiger charge is -2.15. The summed E-state index contributed by atoms with van der Waals surface area (Å²) in [5.74, 6) is -1.84. The number of carbonyl (C=O) groups is 2. The number of halogens is 1. The number of aliphatic carboxylic acids is 1. The first-order valence-electron chi connectivity index (χ1n) is 8.95. The number of rotatable bonds is 5. The van der Waals surface area contributed by atoms with Gasteiger partial charge in [-0.25, -0.2) is 13.9 Å². The first-order chi connectivity index (χ1) is 12.5. The van der Waals surface area contributed by atoms with Crippen molar-refractivity contribution >= 4 is 11.9 Å². The van der Waals surface area contributed by atoms with E-state index in [0.717, 1.165) is 43.4 Å². The molecule has 136 valence electrons. The maximum atomic E-state index is 13.6. The van der Waals surface area contributed by atoms with Crippen molar-refractivity contribution in [2.45, 2.75) is 44.6 Å². The van der Waals surface area contributed by atoms with Crippen LogP contribution in [0.15, 0.2) is 24.3 Å². The minimum absolute atomic E-state index is 0.00224. The van der Waals surface area contributed by atoms with E-state index in [4.69, 9.17) is 0 Å². The van der Waals surface area contributed by atoms with E-state index in [1.807, 2.05) is 0 Å². The zero-order valence-corrected chi connectivity index (χ0v) is 14.2. The van der Waals surface area contributed by atoms with Gasteiger partial charge < -0.3 is 10.4 Å². The molecule has 1 atom stereocenters. The third kappa shape index (κ3) is 3.09. The fourth-order valence-corrected chi connectivity index (χ4v) is 3.62. The van der Waals surface area contributed by atoms with E-state index in [1.165, 1.54) is 12.1 Å². The Morgan fingerprint density at radius 2 is 2.04 bits per heavy atom. The fourth-order valence-electron chi connectivity index (χ4n) is 3.62. The quantitative estimate of drug-likeness (QED) is 0.861. The third-order valence-corrected chi connectivity index (χ3v) is 5.09. The fraction of sp³-hybridized carbons (Fsp3) is 0.421. The summed E-state index contributed by atoms with van der Waals surface area (Å²) < 4.78 is 15.2. The molecule has 0 radical (unpaired) electrons. The van der Waals surface area contributed by atoms with Crippen LogP contribution in [0.5, 0.6) is 0 Å². The van der Waals surface area contributed by atoms with Gasteiger partial charge >= 0.3 is 5.97 Å². The number of hydrogen-bond acceptors (Lipinski definition) is 3. The molecule has 1 saturated carbocycles. The summed E-state index contributed by atoms with van der Waals surface area (Å²) in [7, 11) is 0. The van der Waals surface area contributed by atoms with Crippen LogP contribution in [0.1, 0.15) is 47.4 Å². The van der Waals surface area contributed by atoms with Crippen LogP contribution in [0, 0.1) is 11.7 Å². The molecule has 6 nitrogen and oxygen atoms in total. The molecule has 1 heterocycles. The Hall–Kier alpha value is -2.70. The van der Waals surface area contributed by atoms with Crippen LogP contribution < -0.4 is 5.32 Å². The van der Waals surface area contributed by atoms with Crippen LogP contribution in [0.25, 0.3) is 5.69 Å². The highest BCUT2D eigenvalue weighted by molar-refractivity contribution is 5.96. The Morgan fingerprint density at radius 3 is 2.73 bits per heavy atom. The SMILES string of the molecule is O=C(NC(C(=O)O)C1CC1)c1nn(-c2cccc(F)c2)c2c1CCCC2. The van der Waals surface area contributed by atoms with E-state index < -0.39 is 17.9 Å². The van der Waals surface area contributed by atoms with Gasteiger partial charge in [-0.2, -0.15) is 5.10 Å². The number of nitrogens with one attached hydrogen (secondary N) is 1. The molecule has 1 fully saturated rings. The molecule has 4 rings (SSSR count). The van der Waals surface area contributed by atoms with Crippen molar-refractivity contribution in [2.24, 2.45) is 5.92 Å². The summed E-state index contributed by atoms with van der Waals surface area (Å²) in [6, 6.07) is 5.22. The number of benzene rings is 1. The Bertz CT molecular complexity index is 873. The average Bonchev–Trinajstić information content (AvgIpc) is 3.38. The minimum atomic E-state index is -1.01. The van der Waals surface area contributed by atoms with Crippen LogP contribution in [0.2, 0.25) is 0 Å². The standard InChI is InChI=1S/C19H20FN3O3/c20-12-4-3-5-13(10-12)23-15-7-2-1-6-14(15)17(22-23)18(24)21-16(19(25)26)11-8-9-11/h3-5,10-11,16H,1-2,6-9H2,(H,21,24)(H,25,26). The highest BCUT2D eigenvalue weighted by Crippen LogP contribution is 2.33. The van der Waals surface area contributed by atoms with Crippen molar-refractivity contribution in [3.05, 3.63) is 47.0 Å². The van der Waals surface area contributed by atoms with E-state index in [-0.39, 0.29) is 17.4 Å². The molecule has 0 bridgehead atoms. The summed E-state index contributed by atoms with van der Waals surface area (Å²) in [5, 5.41) is 16.4. The van der Waals surface area contributed by atoms with Gasteiger partial charge in [-0.05, 0) is 62.6 Å². The molecule has 2 aliphatic rings. The smallest absolute Gasteiger partial charge is 0.326 e. The summed E-state index contributed by atoms with van der Waals surface area (Å²) in [6.07, 6.45) is 5.04. The van der Waals surface area contributed by atoms with Gasteiger partial charge in [0.2, 0.25) is 0 Å². The maximum absolute atomic E-state index is 13.6. The molecule has 1 aromatic heterocycles. The molecule has 2 aromatic rings. The van der Waals surface area contributed by atoms with E-state index >= 15 is 0 Å².